The van der Waals surface area contributed by atoms with Crippen LogP contribution in [0.5, 0.6) is 0 Å². The highest BCUT2D eigenvalue weighted by atomic mass is 16.5. The Hall–Kier alpha value is -2.81. The minimum atomic E-state index is -0.937. The number of hydrogen-bond acceptors (Lipinski definition) is 6. The lowest BCUT2D eigenvalue weighted by Crippen LogP contribution is -2.27. The highest BCUT2D eigenvalue weighted by Crippen LogP contribution is 2.20. The maximum absolute atomic E-state index is 11.1. The fourth-order valence-electron chi connectivity index (χ4n) is 1.92. The summed E-state index contributed by atoms with van der Waals surface area (Å²) in [6.07, 6.45) is 1.78. The van der Waals surface area contributed by atoms with Crippen LogP contribution >= 0.6 is 0 Å². The van der Waals surface area contributed by atoms with Crippen LogP contribution in [0.25, 0.3) is 5.65 Å². The first kappa shape index (κ1) is 14.6. The van der Waals surface area contributed by atoms with Crippen LogP contribution in [0.1, 0.15) is 12.1 Å². The van der Waals surface area contributed by atoms with Gasteiger partial charge < -0.3 is 16.2 Å². The van der Waals surface area contributed by atoms with Crippen molar-refractivity contribution < 1.29 is 19.9 Å². The van der Waals surface area contributed by atoms with Crippen molar-refractivity contribution in [3.8, 4) is 0 Å². The van der Waals surface area contributed by atoms with E-state index in [1.807, 2.05) is 0 Å². The Bertz CT molecular complexity index is 682. The summed E-state index contributed by atoms with van der Waals surface area (Å²) < 4.78 is 1.68. The van der Waals surface area contributed by atoms with Crippen molar-refractivity contribution in [2.75, 3.05) is 17.6 Å². The molecule has 0 atom stereocenters. The smallest absolute Gasteiger partial charge is 0.303 e. The number of rotatable bonds is 6. The fraction of sp³-hybridized carbons (Fsp3) is 0.250. The molecule has 112 valence electrons. The van der Waals surface area contributed by atoms with E-state index in [1.165, 1.54) is 5.48 Å². The Morgan fingerprint density at radius 1 is 1.38 bits per heavy atom. The van der Waals surface area contributed by atoms with Gasteiger partial charge in [0.05, 0.1) is 18.7 Å². The molecule has 0 aliphatic rings. The molecule has 1 amide bonds. The number of imidazole rings is 1. The number of nitrogens with one attached hydrogen (secondary N) is 2. The van der Waals surface area contributed by atoms with Gasteiger partial charge in [-0.2, -0.15) is 0 Å². The first-order valence-electron chi connectivity index (χ1n) is 6.16. The molecule has 21 heavy (non-hydrogen) atoms. The molecule has 0 saturated carbocycles. The van der Waals surface area contributed by atoms with Crippen molar-refractivity contribution in [2.24, 2.45) is 0 Å². The number of carbonyl (C=O) groups excluding carboxylic acids is 1. The first-order valence-corrected chi connectivity index (χ1v) is 6.16. The van der Waals surface area contributed by atoms with Gasteiger partial charge in [-0.25, -0.2) is 10.5 Å². The topological polar surface area (TPSA) is 142 Å². The number of nitrogen functional groups attached to an aromatic ring is 1. The molecule has 0 spiro atoms. The Morgan fingerprint density at radius 3 is 2.81 bits per heavy atom. The number of nitrogens with two attached hydrogens (primary N) is 1. The van der Waals surface area contributed by atoms with E-state index in [4.69, 9.17) is 16.0 Å². The summed E-state index contributed by atoms with van der Waals surface area (Å²) in [5.74, 6) is -1.19. The molecule has 0 unspecified atom stereocenters. The van der Waals surface area contributed by atoms with E-state index >= 15 is 0 Å². The van der Waals surface area contributed by atoms with Crippen molar-refractivity contribution in [1.82, 2.24) is 14.9 Å². The van der Waals surface area contributed by atoms with E-state index in [1.54, 1.807) is 22.7 Å². The molecule has 0 bridgehead atoms. The lowest BCUT2D eigenvalue weighted by molar-refractivity contribution is -0.137. The number of carbonyl (C=O) groups is 2. The summed E-state index contributed by atoms with van der Waals surface area (Å²) in [7, 11) is 0. The number of carboxylic acids is 1. The van der Waals surface area contributed by atoms with Crippen LogP contribution in [0.3, 0.4) is 0 Å². The predicted octanol–water partition coefficient (Wildman–Crippen LogP) is -0.149. The Balaban J connectivity index is 2.34. The van der Waals surface area contributed by atoms with Crippen molar-refractivity contribution in [2.45, 2.75) is 12.8 Å². The molecular formula is C12H15N5O4. The van der Waals surface area contributed by atoms with Crippen LogP contribution < -0.4 is 16.5 Å². The van der Waals surface area contributed by atoms with Crippen LogP contribution in [0.2, 0.25) is 0 Å². The first-order chi connectivity index (χ1) is 10.0. The van der Waals surface area contributed by atoms with Crippen LogP contribution in [-0.4, -0.2) is 38.1 Å². The molecule has 0 aliphatic carbocycles. The lowest BCUT2D eigenvalue weighted by atomic mass is 10.2. The van der Waals surface area contributed by atoms with Crippen LogP contribution in [0, 0.1) is 0 Å². The van der Waals surface area contributed by atoms with E-state index in [-0.39, 0.29) is 19.4 Å². The maximum Gasteiger partial charge on any atom is 0.303 e. The number of pyridine rings is 1. The highest BCUT2D eigenvalue weighted by molar-refractivity contribution is 5.79. The van der Waals surface area contributed by atoms with Gasteiger partial charge in [-0.15, -0.1) is 0 Å². The van der Waals surface area contributed by atoms with Gasteiger partial charge >= 0.3 is 5.97 Å². The summed E-state index contributed by atoms with van der Waals surface area (Å²) in [5, 5.41) is 20.0. The molecule has 0 aromatic carbocycles. The van der Waals surface area contributed by atoms with E-state index in [2.05, 4.69) is 10.3 Å². The summed E-state index contributed by atoms with van der Waals surface area (Å²) >= 11 is 0. The molecule has 0 saturated heterocycles. The summed E-state index contributed by atoms with van der Waals surface area (Å²) in [5.41, 5.74) is 8.91. The zero-order valence-corrected chi connectivity index (χ0v) is 11.0. The average molecular weight is 293 g/mol. The van der Waals surface area contributed by atoms with Gasteiger partial charge in [0.2, 0.25) is 0 Å². The quantitative estimate of drug-likeness (QED) is 0.368. The second-order valence-corrected chi connectivity index (χ2v) is 4.38. The second kappa shape index (κ2) is 6.09. The van der Waals surface area contributed by atoms with Crippen LogP contribution in [0.15, 0.2) is 18.3 Å². The third-order valence-corrected chi connectivity index (χ3v) is 2.86. The van der Waals surface area contributed by atoms with Gasteiger partial charge in [0, 0.05) is 18.3 Å². The second-order valence-electron chi connectivity index (χ2n) is 4.38. The van der Waals surface area contributed by atoms with Crippen molar-refractivity contribution >= 4 is 29.0 Å². The number of hydrogen-bond donors (Lipinski definition) is 5. The van der Waals surface area contributed by atoms with Crippen molar-refractivity contribution in [3.63, 3.8) is 0 Å². The summed E-state index contributed by atoms with van der Waals surface area (Å²) in [6, 6.07) is 3.37. The maximum atomic E-state index is 11.1. The van der Waals surface area contributed by atoms with Gasteiger partial charge in [0.15, 0.2) is 0 Å². The molecule has 2 aromatic heterocycles. The van der Waals surface area contributed by atoms with Crippen LogP contribution in [-0.2, 0) is 16.0 Å². The molecule has 2 heterocycles. The zero-order chi connectivity index (χ0) is 15.4. The average Bonchev–Trinajstić information content (AvgIpc) is 2.79. The number of aliphatic carboxylic acids is 1. The molecule has 9 nitrogen and oxygen atoms in total. The molecule has 2 rings (SSSR count). The number of anilines is 2. The monoisotopic (exact) mass is 293 g/mol. The van der Waals surface area contributed by atoms with Gasteiger partial charge in [-0.1, -0.05) is 0 Å². The number of hydroxylamine groups is 1. The van der Waals surface area contributed by atoms with Gasteiger partial charge in [0.25, 0.3) is 5.91 Å². The SMILES string of the molecule is Nc1ccc2nc(NCC(=O)NO)c(CCC(=O)O)n2c1. The Kier molecular flexibility index (Phi) is 4.24. The van der Waals surface area contributed by atoms with Gasteiger partial charge in [-0.3, -0.25) is 19.2 Å². The third-order valence-electron chi connectivity index (χ3n) is 2.86. The number of carboxylic acid groups (broad SMARTS) is 1. The third kappa shape index (κ3) is 3.39. The summed E-state index contributed by atoms with van der Waals surface area (Å²) in [6.45, 7) is -0.185. The predicted molar refractivity (Wildman–Crippen MR) is 74.0 cm³/mol. The lowest BCUT2D eigenvalue weighted by Gasteiger charge is -2.06. The molecular weight excluding hydrogens is 278 g/mol. The molecule has 0 aliphatic heterocycles. The standard InChI is InChI=1S/C12H15N5O4/c13-7-1-3-9-15-12(14-5-10(18)16-21)8(17(9)6-7)2-4-11(19)20/h1,3,6,14,21H,2,4-5,13H2,(H,16,18)(H,19,20). The fourth-order valence-corrected chi connectivity index (χ4v) is 1.92. The molecule has 0 radical (unpaired) electrons. The van der Waals surface area contributed by atoms with E-state index in [9.17, 15) is 9.59 Å². The number of amides is 1. The van der Waals surface area contributed by atoms with E-state index < -0.39 is 11.9 Å². The normalized spacial score (nSPS) is 10.5. The molecule has 2 aromatic rings. The molecule has 6 N–H and O–H groups in total. The zero-order valence-electron chi connectivity index (χ0n) is 11.0. The Labute approximate surface area is 119 Å². The van der Waals surface area contributed by atoms with Crippen LogP contribution in [0.4, 0.5) is 11.5 Å². The molecule has 9 heteroatoms. The number of fused-ring (bicyclic) bond motifs is 1. The van der Waals surface area contributed by atoms with Crippen molar-refractivity contribution in [3.05, 3.63) is 24.0 Å². The number of aromatic nitrogens is 2. The highest BCUT2D eigenvalue weighted by Gasteiger charge is 2.14. The van der Waals surface area contributed by atoms with E-state index in [0.29, 0.717) is 22.8 Å². The summed E-state index contributed by atoms with van der Waals surface area (Å²) in [4.78, 5) is 26.1. The number of aryl methyl sites for hydroxylation is 1. The largest absolute Gasteiger partial charge is 0.481 e. The van der Waals surface area contributed by atoms with Gasteiger partial charge in [-0.05, 0) is 12.1 Å². The van der Waals surface area contributed by atoms with Crippen molar-refractivity contribution in [1.29, 1.82) is 0 Å². The minimum Gasteiger partial charge on any atom is -0.481 e. The molecule has 0 fully saturated rings. The van der Waals surface area contributed by atoms with Gasteiger partial charge in [0.1, 0.15) is 11.5 Å². The Morgan fingerprint density at radius 2 is 2.14 bits per heavy atom. The van der Waals surface area contributed by atoms with E-state index in [0.717, 1.165) is 0 Å². The number of nitrogens with zero attached hydrogens (tertiary/aromatic N) is 2. The minimum absolute atomic E-state index is 0.0799.